The molecule has 2 rings (SSSR count). The van der Waals surface area contributed by atoms with Crippen LogP contribution in [0.15, 0.2) is 24.3 Å². The van der Waals surface area contributed by atoms with Gasteiger partial charge in [0.15, 0.2) is 0 Å². The summed E-state index contributed by atoms with van der Waals surface area (Å²) in [7, 11) is 0. The molecule has 0 aliphatic carbocycles. The second-order valence-electron chi connectivity index (χ2n) is 7.58. The maximum absolute atomic E-state index is 12.2. The minimum Gasteiger partial charge on any atom is -0.444 e. The van der Waals surface area contributed by atoms with Crippen LogP contribution in [0.1, 0.15) is 32.8 Å². The number of carbonyl (C=O) groups is 1. The van der Waals surface area contributed by atoms with E-state index in [2.05, 4.69) is 11.0 Å². The van der Waals surface area contributed by atoms with Crippen LogP contribution in [0.3, 0.4) is 0 Å². The van der Waals surface area contributed by atoms with E-state index in [0.717, 1.165) is 24.3 Å². The number of rotatable bonds is 6. The second kappa shape index (κ2) is 9.82. The molecule has 0 aromatic heterocycles. The molecular weight excluding hydrogens is 358 g/mol. The van der Waals surface area contributed by atoms with Gasteiger partial charge in [0.05, 0.1) is 19.0 Å². The highest BCUT2D eigenvalue weighted by molar-refractivity contribution is 5.68. The Bertz CT molecular complexity index is 739. The van der Waals surface area contributed by atoms with Crippen molar-refractivity contribution in [3.8, 4) is 12.3 Å². The van der Waals surface area contributed by atoms with Gasteiger partial charge in [-0.05, 0) is 38.5 Å². The summed E-state index contributed by atoms with van der Waals surface area (Å²) in [5, 5.41) is 19.0. The van der Waals surface area contributed by atoms with Gasteiger partial charge in [-0.15, -0.1) is 10.3 Å². The third-order valence-electron chi connectivity index (χ3n) is 4.21. The Morgan fingerprint density at radius 1 is 1.21 bits per heavy atom. The zero-order valence-electron chi connectivity index (χ0n) is 16.7. The normalized spacial score (nSPS) is 14.4. The van der Waals surface area contributed by atoms with Gasteiger partial charge in [-0.25, -0.2) is 4.79 Å². The number of amides is 1. The number of ether oxygens (including phenoxy) is 1. The molecule has 0 spiro atoms. The van der Waals surface area contributed by atoms with Crippen molar-refractivity contribution in [2.75, 3.05) is 37.6 Å². The number of piperazine rings is 1. The number of benzene rings is 1. The van der Waals surface area contributed by atoms with Crippen molar-refractivity contribution in [1.82, 2.24) is 9.96 Å². The molecule has 8 nitrogen and oxygen atoms in total. The summed E-state index contributed by atoms with van der Waals surface area (Å²) in [4.78, 5) is 21.1. The van der Waals surface area contributed by atoms with Crippen LogP contribution < -0.4 is 4.90 Å². The summed E-state index contributed by atoms with van der Waals surface area (Å²) in [5.74, 6) is 0. The molecule has 1 aromatic carbocycles. The molecule has 1 aliphatic heterocycles. The van der Waals surface area contributed by atoms with Crippen LogP contribution in [-0.2, 0) is 16.1 Å². The summed E-state index contributed by atoms with van der Waals surface area (Å²) in [6.45, 7) is 9.01. The Balaban J connectivity index is 1.95. The standard InChI is InChI=1S/C20H27N5O3/c1-20(2,3)28-19(26)24-12-10-23(11-13-24)18-7-4-6-17(14-18)15-25(27-16-22)9-5-8-21/h4,6-7,14H,5,9-13,15H2,1-3H3. The summed E-state index contributed by atoms with van der Waals surface area (Å²) >= 11 is 0. The average Bonchev–Trinajstić information content (AvgIpc) is 2.65. The molecule has 1 fully saturated rings. The van der Waals surface area contributed by atoms with Crippen molar-refractivity contribution in [2.45, 2.75) is 39.3 Å². The molecule has 1 aliphatic rings. The number of hydrogen-bond acceptors (Lipinski definition) is 7. The quantitative estimate of drug-likeness (QED) is 0.549. The summed E-state index contributed by atoms with van der Waals surface area (Å²) in [6, 6.07) is 10.0. The van der Waals surface area contributed by atoms with Crippen LogP contribution in [0.5, 0.6) is 0 Å². The highest BCUT2D eigenvalue weighted by Crippen LogP contribution is 2.20. The fourth-order valence-corrected chi connectivity index (χ4v) is 2.92. The van der Waals surface area contributed by atoms with E-state index in [1.54, 1.807) is 11.2 Å². The van der Waals surface area contributed by atoms with Crippen LogP contribution in [0.25, 0.3) is 0 Å². The second-order valence-corrected chi connectivity index (χ2v) is 7.58. The van der Waals surface area contributed by atoms with E-state index in [4.69, 9.17) is 20.1 Å². The highest BCUT2D eigenvalue weighted by Gasteiger charge is 2.26. The van der Waals surface area contributed by atoms with Gasteiger partial charge < -0.3 is 19.4 Å². The molecule has 0 radical (unpaired) electrons. The Labute approximate surface area is 166 Å². The van der Waals surface area contributed by atoms with Crippen LogP contribution in [0.2, 0.25) is 0 Å². The molecular formula is C20H27N5O3. The van der Waals surface area contributed by atoms with Crippen LogP contribution >= 0.6 is 0 Å². The van der Waals surface area contributed by atoms with E-state index in [9.17, 15) is 4.79 Å². The topological polar surface area (TPSA) is 92.8 Å². The van der Waals surface area contributed by atoms with Gasteiger partial charge in [-0.3, -0.25) is 0 Å². The predicted octanol–water partition coefficient (Wildman–Crippen LogP) is 2.87. The molecule has 8 heteroatoms. The van der Waals surface area contributed by atoms with Crippen molar-refractivity contribution in [1.29, 1.82) is 10.5 Å². The number of hydrogen-bond donors (Lipinski definition) is 0. The fourth-order valence-electron chi connectivity index (χ4n) is 2.92. The SMILES string of the molecule is CC(C)(C)OC(=O)N1CCN(c2cccc(CN(CCC#N)OC#N)c2)CC1. The molecule has 0 bridgehead atoms. The Morgan fingerprint density at radius 3 is 2.54 bits per heavy atom. The van der Waals surface area contributed by atoms with E-state index < -0.39 is 5.60 Å². The van der Waals surface area contributed by atoms with Gasteiger partial charge in [0, 0.05) is 38.4 Å². The number of nitrogens with zero attached hydrogens (tertiary/aromatic N) is 5. The maximum Gasteiger partial charge on any atom is 0.410 e. The molecule has 0 unspecified atom stereocenters. The lowest BCUT2D eigenvalue weighted by Crippen LogP contribution is -2.50. The molecule has 1 heterocycles. The lowest BCUT2D eigenvalue weighted by molar-refractivity contribution is -0.0980. The highest BCUT2D eigenvalue weighted by atomic mass is 16.7. The van der Waals surface area contributed by atoms with Crippen molar-refractivity contribution < 1.29 is 14.4 Å². The van der Waals surface area contributed by atoms with Gasteiger partial charge in [0.25, 0.3) is 0 Å². The zero-order valence-corrected chi connectivity index (χ0v) is 16.7. The lowest BCUT2D eigenvalue weighted by Gasteiger charge is -2.37. The van der Waals surface area contributed by atoms with Gasteiger partial charge >= 0.3 is 12.3 Å². The zero-order chi connectivity index (χ0) is 20.6. The van der Waals surface area contributed by atoms with E-state index >= 15 is 0 Å². The molecule has 0 saturated carbocycles. The third kappa shape index (κ3) is 6.64. The Morgan fingerprint density at radius 2 is 1.93 bits per heavy atom. The van der Waals surface area contributed by atoms with Gasteiger partial charge in [-0.2, -0.15) is 5.26 Å². The largest absolute Gasteiger partial charge is 0.444 e. The van der Waals surface area contributed by atoms with Gasteiger partial charge in [0.1, 0.15) is 5.60 Å². The summed E-state index contributed by atoms with van der Waals surface area (Å²) < 4.78 is 5.44. The Hall–Kier alpha value is -2.97. The van der Waals surface area contributed by atoms with Gasteiger partial charge in [-0.1, -0.05) is 12.1 Å². The molecule has 1 amide bonds. The molecule has 150 valence electrons. The maximum atomic E-state index is 12.2. The van der Waals surface area contributed by atoms with Gasteiger partial charge in [0.2, 0.25) is 0 Å². The number of nitriles is 2. The molecule has 1 aromatic rings. The van der Waals surface area contributed by atoms with Crippen LogP contribution in [-0.4, -0.2) is 54.4 Å². The van der Waals surface area contributed by atoms with E-state index in [-0.39, 0.29) is 12.5 Å². The summed E-state index contributed by atoms with van der Waals surface area (Å²) in [5.41, 5.74) is 1.55. The monoisotopic (exact) mass is 385 g/mol. The van der Waals surface area contributed by atoms with Crippen molar-refractivity contribution in [3.05, 3.63) is 29.8 Å². The number of hydroxylamine groups is 2. The fraction of sp³-hybridized carbons (Fsp3) is 0.550. The minimum atomic E-state index is -0.495. The molecule has 0 N–H and O–H groups in total. The first-order chi connectivity index (χ1) is 13.3. The first kappa shape index (κ1) is 21.3. The van der Waals surface area contributed by atoms with E-state index in [1.807, 2.05) is 45.0 Å². The summed E-state index contributed by atoms with van der Waals surface area (Å²) in [6.07, 6.45) is 1.67. The minimum absolute atomic E-state index is 0.275. The Kier molecular flexibility index (Phi) is 7.48. The van der Waals surface area contributed by atoms with Crippen molar-refractivity contribution in [3.63, 3.8) is 0 Å². The van der Waals surface area contributed by atoms with E-state index in [1.165, 1.54) is 5.06 Å². The third-order valence-corrected chi connectivity index (χ3v) is 4.21. The van der Waals surface area contributed by atoms with E-state index in [0.29, 0.717) is 26.2 Å². The first-order valence-electron chi connectivity index (χ1n) is 9.32. The number of carbonyl (C=O) groups excluding carboxylic acids is 1. The van der Waals surface area contributed by atoms with Crippen molar-refractivity contribution in [2.24, 2.45) is 0 Å². The van der Waals surface area contributed by atoms with Crippen LogP contribution in [0, 0.1) is 22.8 Å². The average molecular weight is 385 g/mol. The first-order valence-corrected chi connectivity index (χ1v) is 9.32. The van der Waals surface area contributed by atoms with Crippen molar-refractivity contribution >= 4 is 11.8 Å². The molecule has 28 heavy (non-hydrogen) atoms. The van der Waals surface area contributed by atoms with Crippen LogP contribution in [0.4, 0.5) is 10.5 Å². The number of anilines is 1. The molecule has 1 saturated heterocycles. The lowest BCUT2D eigenvalue weighted by atomic mass is 10.1. The predicted molar refractivity (Wildman–Crippen MR) is 104 cm³/mol. The smallest absolute Gasteiger partial charge is 0.410 e. The molecule has 0 atom stereocenters.